The number of unbranched alkanes of at least 4 members (excludes halogenated alkanes) is 1. The summed E-state index contributed by atoms with van der Waals surface area (Å²) in [6, 6.07) is 9.73. The number of ether oxygens (including phenoxy) is 2. The minimum absolute atomic E-state index is 0.0190. The Morgan fingerprint density at radius 1 is 1.00 bits per heavy atom. The second-order valence-corrected chi connectivity index (χ2v) is 13.8. The number of carbonyl (C=O) groups excluding carboxylic acids is 1. The highest BCUT2D eigenvalue weighted by atomic mass is 32.2. The van der Waals surface area contributed by atoms with Gasteiger partial charge in [0.05, 0.1) is 11.8 Å². The molecule has 0 saturated carbocycles. The van der Waals surface area contributed by atoms with Crippen LogP contribution in [0.1, 0.15) is 76.3 Å². The minimum atomic E-state index is -0.209. The van der Waals surface area contributed by atoms with E-state index in [2.05, 4.69) is 56.9 Å². The van der Waals surface area contributed by atoms with Crippen molar-refractivity contribution in [2.75, 3.05) is 24.7 Å². The maximum absolute atomic E-state index is 13.3. The van der Waals surface area contributed by atoms with Crippen LogP contribution in [-0.4, -0.2) is 30.7 Å². The molecular weight excluding hydrogens is 585 g/mol. The van der Waals surface area contributed by atoms with Crippen molar-refractivity contribution in [3.05, 3.63) is 88.6 Å². The van der Waals surface area contributed by atoms with E-state index in [1.807, 2.05) is 49.9 Å². The summed E-state index contributed by atoms with van der Waals surface area (Å²) >= 11 is 3.41. The van der Waals surface area contributed by atoms with Crippen LogP contribution in [0.2, 0.25) is 0 Å². The second kappa shape index (κ2) is 19.5. The van der Waals surface area contributed by atoms with Crippen molar-refractivity contribution < 1.29 is 14.3 Å². The molecule has 0 aliphatic rings. The Labute approximate surface area is 272 Å². The lowest BCUT2D eigenvalue weighted by atomic mass is 9.90. The number of esters is 1. The van der Waals surface area contributed by atoms with Crippen LogP contribution >= 0.6 is 23.1 Å². The van der Waals surface area contributed by atoms with Crippen LogP contribution in [0.25, 0.3) is 20.2 Å². The molecular formula is C38H50O4S2. The predicted octanol–water partition coefficient (Wildman–Crippen LogP) is 10.4. The van der Waals surface area contributed by atoms with Crippen LogP contribution in [0.4, 0.5) is 0 Å². The smallest absolute Gasteiger partial charge is 0.306 e. The number of benzene rings is 2. The van der Waals surface area contributed by atoms with Gasteiger partial charge >= 0.3 is 5.97 Å². The predicted molar refractivity (Wildman–Crippen MR) is 193 cm³/mol. The fourth-order valence-electron chi connectivity index (χ4n) is 5.23. The van der Waals surface area contributed by atoms with Gasteiger partial charge in [-0.3, -0.25) is 9.59 Å². The molecule has 0 spiro atoms. The lowest BCUT2D eigenvalue weighted by Gasteiger charge is -2.17. The van der Waals surface area contributed by atoms with Crippen LogP contribution in [-0.2, 0) is 9.53 Å². The monoisotopic (exact) mass is 634 g/mol. The molecule has 44 heavy (non-hydrogen) atoms. The lowest BCUT2D eigenvalue weighted by Crippen LogP contribution is -2.14. The highest BCUT2D eigenvalue weighted by Gasteiger charge is 2.16. The van der Waals surface area contributed by atoms with Gasteiger partial charge in [-0.05, 0) is 106 Å². The van der Waals surface area contributed by atoms with Crippen molar-refractivity contribution in [1.82, 2.24) is 0 Å². The summed E-state index contributed by atoms with van der Waals surface area (Å²) in [6.45, 7) is 12.9. The summed E-state index contributed by atoms with van der Waals surface area (Å²) in [5.74, 6) is 3.37. The van der Waals surface area contributed by atoms with Crippen molar-refractivity contribution in [3.63, 3.8) is 0 Å². The number of aryl methyl sites for hydroxylation is 1. The van der Waals surface area contributed by atoms with E-state index >= 15 is 0 Å². The van der Waals surface area contributed by atoms with Gasteiger partial charge in [0.15, 0.2) is 5.43 Å². The average Bonchev–Trinajstić information content (AvgIpc) is 3.01. The summed E-state index contributed by atoms with van der Waals surface area (Å²) in [4.78, 5) is 25.6. The molecule has 1 heterocycles. The Hall–Kier alpha value is -2.83. The molecule has 3 aromatic rings. The third kappa shape index (κ3) is 11.3. The van der Waals surface area contributed by atoms with E-state index in [1.165, 1.54) is 6.42 Å². The Bertz CT molecular complexity index is 1470. The largest absolute Gasteiger partial charge is 0.489 e. The van der Waals surface area contributed by atoms with Gasteiger partial charge in [-0.25, -0.2) is 0 Å². The fourth-order valence-corrected chi connectivity index (χ4v) is 7.49. The molecule has 3 rings (SSSR count). The van der Waals surface area contributed by atoms with Gasteiger partial charge in [-0.2, -0.15) is 11.8 Å². The van der Waals surface area contributed by atoms with E-state index < -0.39 is 0 Å². The average molecular weight is 635 g/mol. The van der Waals surface area contributed by atoms with Crippen molar-refractivity contribution in [1.29, 1.82) is 0 Å². The van der Waals surface area contributed by atoms with Crippen LogP contribution in [0.3, 0.4) is 0 Å². The second-order valence-electron chi connectivity index (χ2n) is 11.5. The molecule has 0 amide bonds. The maximum atomic E-state index is 13.3. The van der Waals surface area contributed by atoms with E-state index in [4.69, 9.17) is 9.47 Å². The zero-order valence-electron chi connectivity index (χ0n) is 27.1. The zero-order valence-corrected chi connectivity index (χ0v) is 28.7. The lowest BCUT2D eigenvalue weighted by molar-refractivity contribution is -0.143. The third-order valence-corrected chi connectivity index (χ3v) is 10.1. The van der Waals surface area contributed by atoms with Crippen LogP contribution in [0.5, 0.6) is 5.75 Å². The first-order chi connectivity index (χ1) is 21.3. The van der Waals surface area contributed by atoms with Gasteiger partial charge in [0, 0.05) is 20.5 Å². The van der Waals surface area contributed by atoms with E-state index in [0.717, 1.165) is 70.6 Å². The molecule has 0 bridgehead atoms. The first-order valence-electron chi connectivity index (χ1n) is 16.1. The van der Waals surface area contributed by atoms with Crippen molar-refractivity contribution in [3.8, 4) is 5.75 Å². The number of rotatable bonds is 20. The van der Waals surface area contributed by atoms with E-state index in [9.17, 15) is 9.59 Å². The molecule has 2 aromatic carbocycles. The third-order valence-electron chi connectivity index (χ3n) is 7.94. The molecule has 0 fully saturated rings. The summed E-state index contributed by atoms with van der Waals surface area (Å²) in [7, 11) is 0. The first-order valence-corrected chi connectivity index (χ1v) is 18.1. The topological polar surface area (TPSA) is 52.6 Å². The van der Waals surface area contributed by atoms with Gasteiger partial charge in [0.25, 0.3) is 0 Å². The van der Waals surface area contributed by atoms with E-state index in [0.29, 0.717) is 34.8 Å². The molecule has 0 radical (unpaired) electrons. The first kappa shape index (κ1) is 35.6. The highest BCUT2D eigenvalue weighted by molar-refractivity contribution is 7.99. The van der Waals surface area contributed by atoms with E-state index in [-0.39, 0.29) is 24.6 Å². The van der Waals surface area contributed by atoms with Gasteiger partial charge in [0.1, 0.15) is 19.0 Å². The Kier molecular flexibility index (Phi) is 15.8. The Balaban J connectivity index is 1.33. The molecule has 6 heteroatoms. The van der Waals surface area contributed by atoms with Gasteiger partial charge in [0.2, 0.25) is 0 Å². The number of hydrogen-bond acceptors (Lipinski definition) is 6. The molecule has 4 nitrogen and oxygen atoms in total. The van der Waals surface area contributed by atoms with Crippen LogP contribution in [0.15, 0.2) is 72.1 Å². The molecule has 1 aromatic heterocycles. The molecule has 2 atom stereocenters. The van der Waals surface area contributed by atoms with Gasteiger partial charge in [-0.1, -0.05) is 56.4 Å². The number of fused-ring (bicyclic) bond motifs is 2. The Morgan fingerprint density at radius 2 is 1.75 bits per heavy atom. The fraction of sp³-hybridized carbons (Fsp3) is 0.474. The SMILES string of the molecule is C=CC(CC/C=C\CC/C=C/CC)CC(C)CCSCCC(=O)OCCOc1c(C)c(C)cc2sc3ccccc3c(=O)c12. The van der Waals surface area contributed by atoms with Crippen molar-refractivity contribution in [2.24, 2.45) is 11.8 Å². The molecule has 0 aliphatic carbocycles. The summed E-state index contributed by atoms with van der Waals surface area (Å²) < 4.78 is 13.4. The normalized spacial score (nSPS) is 13.2. The number of thioether (sulfide) groups is 1. The quantitative estimate of drug-likeness (QED) is 0.0536. The molecule has 0 N–H and O–H groups in total. The van der Waals surface area contributed by atoms with Crippen LogP contribution in [0, 0.1) is 25.7 Å². The zero-order chi connectivity index (χ0) is 31.7. The Morgan fingerprint density at radius 3 is 2.52 bits per heavy atom. The standard InChI is InChI=1S/C38H50O4S2/c1-6-8-9-10-11-12-13-14-17-31(7-2)26-28(3)20-24-43-25-21-35(39)41-22-23-42-38-30(5)29(4)27-34-36(38)37(40)32-18-15-16-19-33(32)44-34/h7-9,12-13,15-16,18-19,27-28,31H,2,6,10-11,14,17,20-26H2,1,3-5H3/b9-8+,13-12-. The number of allylic oxidation sites excluding steroid dienone is 5. The van der Waals surface area contributed by atoms with Crippen molar-refractivity contribution >= 4 is 49.2 Å². The molecule has 238 valence electrons. The maximum Gasteiger partial charge on any atom is 0.306 e. The summed E-state index contributed by atoms with van der Waals surface area (Å²) in [5.41, 5.74) is 1.99. The van der Waals surface area contributed by atoms with Gasteiger partial charge in [-0.15, -0.1) is 17.9 Å². The minimum Gasteiger partial charge on any atom is -0.489 e. The summed E-state index contributed by atoms with van der Waals surface area (Å²) in [5, 5.41) is 1.31. The van der Waals surface area contributed by atoms with Gasteiger partial charge < -0.3 is 9.47 Å². The highest BCUT2D eigenvalue weighted by Crippen LogP contribution is 2.35. The number of hydrogen-bond donors (Lipinski definition) is 0. The molecule has 2 unspecified atom stereocenters. The summed E-state index contributed by atoms with van der Waals surface area (Å²) in [6.07, 6.45) is 19.6. The molecule has 0 aliphatic heterocycles. The molecule has 0 saturated heterocycles. The van der Waals surface area contributed by atoms with Crippen molar-refractivity contribution in [2.45, 2.75) is 79.1 Å². The number of carbonyl (C=O) groups is 1. The van der Waals surface area contributed by atoms with E-state index in [1.54, 1.807) is 11.3 Å². The van der Waals surface area contributed by atoms with Crippen LogP contribution < -0.4 is 10.2 Å².